The van der Waals surface area contributed by atoms with Crippen molar-refractivity contribution in [2.45, 2.75) is 57.8 Å². The van der Waals surface area contributed by atoms with Gasteiger partial charge in [0, 0.05) is 56.0 Å². The normalized spacial score (nSPS) is 18.3. The number of halogens is 1. The van der Waals surface area contributed by atoms with E-state index < -0.39 is 18.0 Å². The molecule has 2 aliphatic heterocycles. The Labute approximate surface area is 275 Å². The molecule has 4 heterocycles. The summed E-state index contributed by atoms with van der Waals surface area (Å²) in [5.41, 5.74) is 3.12. The van der Waals surface area contributed by atoms with E-state index in [0.717, 1.165) is 11.4 Å². The molecule has 0 saturated carbocycles. The van der Waals surface area contributed by atoms with Crippen molar-refractivity contribution < 1.29 is 23.5 Å². The number of carbonyl (C=O) groups excluding carboxylic acids is 2. The molecule has 2 atom stereocenters. The van der Waals surface area contributed by atoms with E-state index in [4.69, 9.17) is 14.5 Å². The van der Waals surface area contributed by atoms with Crippen LogP contribution in [0.3, 0.4) is 0 Å². The smallest absolute Gasteiger partial charge is 0.343 e. The summed E-state index contributed by atoms with van der Waals surface area (Å²) in [6.07, 6.45) is 3.37. The van der Waals surface area contributed by atoms with Crippen molar-refractivity contribution in [2.75, 3.05) is 61.3 Å². The maximum atomic E-state index is 14.8. The van der Waals surface area contributed by atoms with Crippen LogP contribution in [-0.4, -0.2) is 90.9 Å². The number of carbonyl (C=O) groups is 2. The number of methoxy groups -OCH3 is 1. The number of likely N-dealkylation sites (N-methyl/N-ethyl adjacent to an activating group) is 1. The maximum absolute atomic E-state index is 14.8. The summed E-state index contributed by atoms with van der Waals surface area (Å²) in [6.45, 7) is 12.7. The van der Waals surface area contributed by atoms with Gasteiger partial charge in [0.25, 0.3) is 0 Å². The Hall–Kier alpha value is -4.78. The summed E-state index contributed by atoms with van der Waals surface area (Å²) in [6, 6.07) is 7.15. The molecule has 1 saturated heterocycles. The second kappa shape index (κ2) is 13.5. The van der Waals surface area contributed by atoms with Gasteiger partial charge in [-0.2, -0.15) is 4.98 Å². The van der Waals surface area contributed by atoms with E-state index in [1.54, 1.807) is 32.2 Å². The van der Waals surface area contributed by atoms with Crippen molar-refractivity contribution in [3.8, 4) is 5.75 Å². The molecule has 0 radical (unpaired) electrons. The molecule has 1 fully saturated rings. The molecule has 0 spiro atoms. The Morgan fingerprint density at radius 2 is 1.98 bits per heavy atom. The molecule has 47 heavy (non-hydrogen) atoms. The molecule has 2 N–H and O–H groups in total. The van der Waals surface area contributed by atoms with Crippen LogP contribution in [0.2, 0.25) is 0 Å². The monoisotopic (exact) mass is 646 g/mol. The van der Waals surface area contributed by atoms with Gasteiger partial charge in [0.1, 0.15) is 17.5 Å². The number of ether oxygens (including phenoxy) is 2. The van der Waals surface area contributed by atoms with Crippen LogP contribution >= 0.6 is 0 Å². The summed E-state index contributed by atoms with van der Waals surface area (Å²) in [4.78, 5) is 45.7. The number of hydrogen-bond donors (Lipinski definition) is 2. The highest BCUT2D eigenvalue weighted by Crippen LogP contribution is 2.44. The molecule has 13 heteroatoms. The fourth-order valence-corrected chi connectivity index (χ4v) is 6.17. The first-order valence-electron chi connectivity index (χ1n) is 15.6. The zero-order valence-corrected chi connectivity index (χ0v) is 28.0. The van der Waals surface area contributed by atoms with Crippen LogP contribution in [0, 0.1) is 0 Å². The highest BCUT2D eigenvalue weighted by atomic mass is 19.1. The molecular weight excluding hydrogens is 603 g/mol. The topological polar surface area (TPSA) is 125 Å². The Morgan fingerprint density at radius 1 is 1.21 bits per heavy atom. The van der Waals surface area contributed by atoms with Crippen molar-refractivity contribution in [3.05, 3.63) is 60.6 Å². The summed E-state index contributed by atoms with van der Waals surface area (Å²) >= 11 is 0. The SMILES string of the molecule is C=CC(=O)Nc1cc(Nc2ncc(C(=O)OC(C)C)c(N3CC(C)(C)c4ncccc43)n2)c(OC)cc1N1C[C@@H](F)C[C@@H]1CN(C)C. The van der Waals surface area contributed by atoms with Crippen LogP contribution in [0.5, 0.6) is 5.75 Å². The number of anilines is 6. The molecule has 1 aromatic carbocycles. The number of alkyl halides is 1. The van der Waals surface area contributed by atoms with Crippen LogP contribution in [0.4, 0.5) is 38.9 Å². The number of nitrogens with zero attached hydrogens (tertiary/aromatic N) is 6. The average Bonchev–Trinajstić information content (AvgIpc) is 3.51. The number of amides is 1. The number of nitrogens with one attached hydrogen (secondary N) is 2. The van der Waals surface area contributed by atoms with Crippen LogP contribution in [-0.2, 0) is 14.9 Å². The van der Waals surface area contributed by atoms with Crippen LogP contribution in [0.1, 0.15) is 50.2 Å². The number of hydrogen-bond acceptors (Lipinski definition) is 11. The molecule has 0 bridgehead atoms. The number of pyridine rings is 1. The van der Waals surface area contributed by atoms with E-state index in [0.29, 0.717) is 48.1 Å². The Kier molecular flexibility index (Phi) is 9.66. The van der Waals surface area contributed by atoms with E-state index in [-0.39, 0.29) is 35.6 Å². The van der Waals surface area contributed by atoms with Gasteiger partial charge < -0.3 is 34.8 Å². The van der Waals surface area contributed by atoms with Gasteiger partial charge in [0.2, 0.25) is 11.9 Å². The quantitative estimate of drug-likeness (QED) is 0.210. The maximum Gasteiger partial charge on any atom is 0.343 e. The molecule has 2 aliphatic rings. The van der Waals surface area contributed by atoms with Gasteiger partial charge in [-0.15, -0.1) is 0 Å². The fourth-order valence-electron chi connectivity index (χ4n) is 6.17. The summed E-state index contributed by atoms with van der Waals surface area (Å²) < 4.78 is 26.1. The number of fused-ring (bicyclic) bond motifs is 1. The second-order valence-electron chi connectivity index (χ2n) is 13.0. The molecule has 1 amide bonds. The predicted molar refractivity (Wildman–Crippen MR) is 181 cm³/mol. The van der Waals surface area contributed by atoms with Crippen LogP contribution < -0.4 is 25.2 Å². The third kappa shape index (κ3) is 7.14. The number of rotatable bonds is 11. The molecule has 0 aliphatic carbocycles. The molecule has 5 rings (SSSR count). The van der Waals surface area contributed by atoms with Gasteiger partial charge in [-0.1, -0.05) is 20.4 Å². The first-order chi connectivity index (χ1) is 22.3. The Balaban J connectivity index is 1.58. The number of benzene rings is 1. The third-order valence-corrected chi connectivity index (χ3v) is 8.11. The predicted octanol–water partition coefficient (Wildman–Crippen LogP) is 5.22. The Morgan fingerprint density at radius 3 is 2.66 bits per heavy atom. The zero-order chi connectivity index (χ0) is 34.0. The van der Waals surface area contributed by atoms with Gasteiger partial charge in [-0.05, 0) is 52.2 Å². The summed E-state index contributed by atoms with van der Waals surface area (Å²) in [5.74, 6) is 0.00279. The Bertz CT molecular complexity index is 1660. The van der Waals surface area contributed by atoms with Crippen LogP contribution in [0.25, 0.3) is 0 Å². The standard InChI is InChI=1S/C34H43FN8O4/c1-9-29(44)38-24-14-25(28(46-8)15-27(24)42-17-21(35)13-22(42)18-41(6)7)39-33-37-16-23(32(45)47-20(2)3)31(40-33)43-19-34(4,5)30-26(43)11-10-12-36-30/h9-12,14-16,20-22H,1,13,17-19H2,2-8H3,(H,38,44)(H,37,39,40)/t21-,22+/m0/s1. The van der Waals surface area contributed by atoms with E-state index in [1.165, 1.54) is 19.4 Å². The van der Waals surface area contributed by atoms with E-state index >= 15 is 0 Å². The minimum Gasteiger partial charge on any atom is -0.494 e. The molecule has 2 aromatic heterocycles. The zero-order valence-electron chi connectivity index (χ0n) is 28.0. The van der Waals surface area contributed by atoms with Crippen molar-refractivity contribution in [3.63, 3.8) is 0 Å². The lowest BCUT2D eigenvalue weighted by molar-refractivity contribution is -0.111. The first kappa shape index (κ1) is 33.6. The highest BCUT2D eigenvalue weighted by molar-refractivity contribution is 6.02. The molecule has 3 aromatic rings. The molecule has 12 nitrogen and oxygen atoms in total. The van der Waals surface area contributed by atoms with Crippen LogP contribution in [0.15, 0.2) is 49.3 Å². The molecular formula is C34H43FN8O4. The fraction of sp³-hybridized carbons (Fsp3) is 0.441. The van der Waals surface area contributed by atoms with E-state index in [9.17, 15) is 14.0 Å². The average molecular weight is 647 g/mol. The van der Waals surface area contributed by atoms with Crippen molar-refractivity contribution in [1.29, 1.82) is 0 Å². The minimum absolute atomic E-state index is 0.117. The summed E-state index contributed by atoms with van der Waals surface area (Å²) in [7, 11) is 5.41. The lowest BCUT2D eigenvalue weighted by atomic mass is 9.91. The summed E-state index contributed by atoms with van der Waals surface area (Å²) in [5, 5.41) is 6.10. The van der Waals surface area contributed by atoms with E-state index in [1.807, 2.05) is 40.9 Å². The van der Waals surface area contributed by atoms with Gasteiger partial charge >= 0.3 is 5.97 Å². The van der Waals surface area contributed by atoms with Crippen molar-refractivity contribution in [1.82, 2.24) is 19.9 Å². The number of aromatic nitrogens is 3. The van der Waals surface area contributed by atoms with Gasteiger partial charge in [-0.3, -0.25) is 9.78 Å². The second-order valence-corrected chi connectivity index (χ2v) is 13.0. The molecule has 250 valence electrons. The van der Waals surface area contributed by atoms with E-state index in [2.05, 4.69) is 41.0 Å². The molecule has 0 unspecified atom stereocenters. The van der Waals surface area contributed by atoms with Gasteiger partial charge in [0.05, 0.1) is 41.7 Å². The first-order valence-corrected chi connectivity index (χ1v) is 15.6. The lowest BCUT2D eigenvalue weighted by Gasteiger charge is -2.31. The largest absolute Gasteiger partial charge is 0.494 e. The highest BCUT2D eigenvalue weighted by Gasteiger charge is 2.40. The van der Waals surface area contributed by atoms with Gasteiger partial charge in [-0.25, -0.2) is 14.2 Å². The van der Waals surface area contributed by atoms with Gasteiger partial charge in [0.15, 0.2) is 5.82 Å². The van der Waals surface area contributed by atoms with Crippen molar-refractivity contribution >= 4 is 46.4 Å². The lowest BCUT2D eigenvalue weighted by Crippen LogP contribution is -2.38. The van der Waals surface area contributed by atoms with Crippen molar-refractivity contribution in [2.24, 2.45) is 0 Å². The third-order valence-electron chi connectivity index (χ3n) is 8.11. The minimum atomic E-state index is -1.02. The number of esters is 1.